The number of carboxylic acid groups (broad SMARTS) is 1. The third-order valence-corrected chi connectivity index (χ3v) is 3.34. The quantitative estimate of drug-likeness (QED) is 0.817. The lowest BCUT2D eigenvalue weighted by Crippen LogP contribution is -2.42. The highest BCUT2D eigenvalue weighted by molar-refractivity contribution is 5.94. The molecule has 4 heteroatoms. The first-order chi connectivity index (χ1) is 8.09. The molecular formula is C13H17NO3. The van der Waals surface area contributed by atoms with Gasteiger partial charge < -0.3 is 15.1 Å². The van der Waals surface area contributed by atoms with Gasteiger partial charge in [-0.2, -0.15) is 0 Å². The molecule has 92 valence electrons. The van der Waals surface area contributed by atoms with Gasteiger partial charge in [-0.15, -0.1) is 0 Å². The SMILES string of the molecule is C[C@H]1CN(c2ccccc2C(=O)O)CC[C@@H]1O. The highest BCUT2D eigenvalue weighted by atomic mass is 16.4. The molecule has 2 atom stereocenters. The van der Waals surface area contributed by atoms with Crippen molar-refractivity contribution in [3.63, 3.8) is 0 Å². The summed E-state index contributed by atoms with van der Waals surface area (Å²) in [5.74, 6) is -0.732. The van der Waals surface area contributed by atoms with Crippen molar-refractivity contribution in [3.8, 4) is 0 Å². The molecule has 0 unspecified atom stereocenters. The lowest BCUT2D eigenvalue weighted by atomic mass is 9.95. The van der Waals surface area contributed by atoms with Gasteiger partial charge in [0.05, 0.1) is 17.4 Å². The number of benzene rings is 1. The highest BCUT2D eigenvalue weighted by Gasteiger charge is 2.26. The van der Waals surface area contributed by atoms with Crippen LogP contribution in [0.5, 0.6) is 0 Å². The molecule has 2 rings (SSSR count). The number of piperidine rings is 1. The van der Waals surface area contributed by atoms with E-state index in [0.29, 0.717) is 25.1 Å². The van der Waals surface area contributed by atoms with Crippen LogP contribution in [0.15, 0.2) is 24.3 Å². The fourth-order valence-electron chi connectivity index (χ4n) is 2.28. The predicted molar refractivity (Wildman–Crippen MR) is 65.4 cm³/mol. The van der Waals surface area contributed by atoms with E-state index in [-0.39, 0.29) is 12.0 Å². The van der Waals surface area contributed by atoms with E-state index in [0.717, 1.165) is 5.69 Å². The largest absolute Gasteiger partial charge is 0.478 e. The van der Waals surface area contributed by atoms with Gasteiger partial charge in [0.15, 0.2) is 0 Å². The van der Waals surface area contributed by atoms with E-state index in [9.17, 15) is 9.90 Å². The first-order valence-corrected chi connectivity index (χ1v) is 5.85. The fraction of sp³-hybridized carbons (Fsp3) is 0.462. The van der Waals surface area contributed by atoms with Crippen molar-refractivity contribution >= 4 is 11.7 Å². The van der Waals surface area contributed by atoms with E-state index in [4.69, 9.17) is 5.11 Å². The van der Waals surface area contributed by atoms with Crippen LogP contribution in [0.1, 0.15) is 23.7 Å². The molecule has 1 aliphatic heterocycles. The highest BCUT2D eigenvalue weighted by Crippen LogP contribution is 2.26. The number of hydrogen-bond acceptors (Lipinski definition) is 3. The molecule has 1 aliphatic rings. The van der Waals surface area contributed by atoms with Crippen LogP contribution in [0.4, 0.5) is 5.69 Å². The number of hydrogen-bond donors (Lipinski definition) is 2. The van der Waals surface area contributed by atoms with E-state index in [1.165, 1.54) is 0 Å². The molecule has 0 aromatic heterocycles. The molecule has 0 radical (unpaired) electrons. The van der Waals surface area contributed by atoms with Crippen LogP contribution in [-0.4, -0.2) is 35.4 Å². The molecule has 0 amide bonds. The monoisotopic (exact) mass is 235 g/mol. The second kappa shape index (κ2) is 4.75. The molecule has 1 heterocycles. The molecule has 1 aromatic rings. The Bertz CT molecular complexity index is 419. The average molecular weight is 235 g/mol. The van der Waals surface area contributed by atoms with Crippen LogP contribution in [0.2, 0.25) is 0 Å². The number of carbonyl (C=O) groups is 1. The minimum absolute atomic E-state index is 0.172. The summed E-state index contributed by atoms with van der Waals surface area (Å²) in [7, 11) is 0. The summed E-state index contributed by atoms with van der Waals surface area (Å²) in [5.41, 5.74) is 1.08. The Hall–Kier alpha value is -1.55. The van der Waals surface area contributed by atoms with Crippen molar-refractivity contribution in [2.45, 2.75) is 19.4 Å². The number of para-hydroxylation sites is 1. The Balaban J connectivity index is 2.25. The number of aromatic carboxylic acids is 1. The van der Waals surface area contributed by atoms with Gasteiger partial charge in [0, 0.05) is 13.1 Å². The Morgan fingerprint density at radius 1 is 1.41 bits per heavy atom. The van der Waals surface area contributed by atoms with Crippen molar-refractivity contribution in [2.24, 2.45) is 5.92 Å². The van der Waals surface area contributed by atoms with Gasteiger partial charge >= 0.3 is 5.97 Å². The van der Waals surface area contributed by atoms with Gasteiger partial charge in [0.25, 0.3) is 0 Å². The summed E-state index contributed by atoms with van der Waals surface area (Å²) < 4.78 is 0. The van der Waals surface area contributed by atoms with Crippen molar-refractivity contribution < 1.29 is 15.0 Å². The molecule has 1 saturated heterocycles. The molecule has 0 bridgehead atoms. The first kappa shape index (κ1) is 11.9. The molecule has 0 saturated carbocycles. The Morgan fingerprint density at radius 3 is 2.76 bits per heavy atom. The van der Waals surface area contributed by atoms with E-state index in [1.807, 2.05) is 24.0 Å². The molecular weight excluding hydrogens is 218 g/mol. The van der Waals surface area contributed by atoms with Gasteiger partial charge in [0.1, 0.15) is 0 Å². The zero-order valence-electron chi connectivity index (χ0n) is 9.84. The van der Waals surface area contributed by atoms with Crippen LogP contribution < -0.4 is 4.90 Å². The summed E-state index contributed by atoms with van der Waals surface area (Å²) in [6.07, 6.45) is 0.415. The second-order valence-electron chi connectivity index (χ2n) is 4.60. The van der Waals surface area contributed by atoms with Crippen LogP contribution in [0, 0.1) is 5.92 Å². The van der Waals surface area contributed by atoms with E-state index in [2.05, 4.69) is 0 Å². The van der Waals surface area contributed by atoms with Crippen molar-refractivity contribution in [2.75, 3.05) is 18.0 Å². The normalized spacial score (nSPS) is 24.7. The Morgan fingerprint density at radius 2 is 2.12 bits per heavy atom. The van der Waals surface area contributed by atoms with Gasteiger partial charge in [-0.05, 0) is 24.5 Å². The van der Waals surface area contributed by atoms with E-state index < -0.39 is 5.97 Å². The fourth-order valence-corrected chi connectivity index (χ4v) is 2.28. The third-order valence-electron chi connectivity index (χ3n) is 3.34. The van der Waals surface area contributed by atoms with Crippen LogP contribution in [-0.2, 0) is 0 Å². The number of anilines is 1. The smallest absolute Gasteiger partial charge is 0.337 e. The standard InChI is InChI=1S/C13H17NO3/c1-9-8-14(7-6-12(9)15)11-5-3-2-4-10(11)13(16)17/h2-5,9,12,15H,6-8H2,1H3,(H,16,17)/t9-,12-/m0/s1. The van der Waals surface area contributed by atoms with Gasteiger partial charge in [0.2, 0.25) is 0 Å². The van der Waals surface area contributed by atoms with Crippen LogP contribution >= 0.6 is 0 Å². The first-order valence-electron chi connectivity index (χ1n) is 5.85. The Kier molecular flexibility index (Phi) is 3.33. The second-order valence-corrected chi connectivity index (χ2v) is 4.60. The number of aliphatic hydroxyl groups is 1. The predicted octanol–water partition coefficient (Wildman–Crippen LogP) is 1.59. The van der Waals surface area contributed by atoms with Gasteiger partial charge in [-0.25, -0.2) is 4.79 Å². The summed E-state index contributed by atoms with van der Waals surface area (Å²) in [4.78, 5) is 13.2. The molecule has 1 aromatic carbocycles. The molecule has 4 nitrogen and oxygen atoms in total. The molecule has 1 fully saturated rings. The molecule has 0 spiro atoms. The zero-order valence-corrected chi connectivity index (χ0v) is 9.84. The topological polar surface area (TPSA) is 60.8 Å². The Labute approximate surface area is 100 Å². The van der Waals surface area contributed by atoms with Crippen molar-refractivity contribution in [1.29, 1.82) is 0 Å². The average Bonchev–Trinajstić information content (AvgIpc) is 2.32. The maximum absolute atomic E-state index is 11.1. The molecule has 17 heavy (non-hydrogen) atoms. The lowest BCUT2D eigenvalue weighted by Gasteiger charge is -2.36. The zero-order chi connectivity index (χ0) is 12.4. The number of rotatable bonds is 2. The van der Waals surface area contributed by atoms with Crippen LogP contribution in [0.25, 0.3) is 0 Å². The van der Waals surface area contributed by atoms with E-state index >= 15 is 0 Å². The summed E-state index contributed by atoms with van der Waals surface area (Å²) >= 11 is 0. The third kappa shape index (κ3) is 2.42. The number of aliphatic hydroxyl groups excluding tert-OH is 1. The van der Waals surface area contributed by atoms with Gasteiger partial charge in [-0.3, -0.25) is 0 Å². The molecule has 2 N–H and O–H groups in total. The number of nitrogens with zero attached hydrogens (tertiary/aromatic N) is 1. The van der Waals surface area contributed by atoms with Crippen molar-refractivity contribution in [1.82, 2.24) is 0 Å². The van der Waals surface area contributed by atoms with Gasteiger partial charge in [-0.1, -0.05) is 19.1 Å². The maximum atomic E-state index is 11.1. The minimum atomic E-state index is -0.903. The molecule has 0 aliphatic carbocycles. The summed E-state index contributed by atoms with van der Waals surface area (Å²) in [5, 5.41) is 18.8. The minimum Gasteiger partial charge on any atom is -0.478 e. The summed E-state index contributed by atoms with van der Waals surface area (Å²) in [6, 6.07) is 7.02. The van der Waals surface area contributed by atoms with E-state index in [1.54, 1.807) is 12.1 Å². The van der Waals surface area contributed by atoms with Crippen LogP contribution in [0.3, 0.4) is 0 Å². The lowest BCUT2D eigenvalue weighted by molar-refractivity contribution is 0.0696. The summed E-state index contributed by atoms with van der Waals surface area (Å²) in [6.45, 7) is 3.39. The van der Waals surface area contributed by atoms with Crippen molar-refractivity contribution in [3.05, 3.63) is 29.8 Å². The number of carboxylic acids is 1. The maximum Gasteiger partial charge on any atom is 0.337 e.